The number of amides is 1. The maximum absolute atomic E-state index is 11.9. The Bertz CT molecular complexity index is 861. The number of anilines is 1. The first-order valence-electron chi connectivity index (χ1n) is 8.29. The second-order valence-corrected chi connectivity index (χ2v) is 6.65. The number of thioether (sulfide) groups is 1. The summed E-state index contributed by atoms with van der Waals surface area (Å²) in [5.74, 6) is -0.240. The van der Waals surface area contributed by atoms with Crippen LogP contribution in [0.25, 0.3) is 0 Å². The topological polar surface area (TPSA) is 88.4 Å². The van der Waals surface area contributed by atoms with E-state index in [1.54, 1.807) is 18.2 Å². The molecule has 27 heavy (non-hydrogen) atoms. The highest BCUT2D eigenvalue weighted by Gasteiger charge is 2.10. The van der Waals surface area contributed by atoms with E-state index in [4.69, 9.17) is 14.7 Å². The highest BCUT2D eigenvalue weighted by molar-refractivity contribution is 8.03. The number of nitrogens with one attached hydrogen (secondary N) is 1. The molecule has 2 aromatic rings. The molecule has 2 aromatic carbocycles. The van der Waals surface area contributed by atoms with Crippen molar-refractivity contribution in [2.24, 2.45) is 0 Å². The number of esters is 1. The van der Waals surface area contributed by atoms with Crippen LogP contribution in [-0.4, -0.2) is 25.1 Å². The van der Waals surface area contributed by atoms with Crippen molar-refractivity contribution in [2.45, 2.75) is 25.2 Å². The summed E-state index contributed by atoms with van der Waals surface area (Å²) < 4.78 is 10.4. The summed E-state index contributed by atoms with van der Waals surface area (Å²) >= 11 is 1.05. The van der Waals surface area contributed by atoms with Crippen molar-refractivity contribution >= 4 is 29.3 Å². The van der Waals surface area contributed by atoms with Gasteiger partial charge in [-0.2, -0.15) is 5.26 Å². The molecule has 0 bridgehead atoms. The van der Waals surface area contributed by atoms with Gasteiger partial charge in [0.2, 0.25) is 0 Å². The van der Waals surface area contributed by atoms with Gasteiger partial charge in [0.05, 0.1) is 13.0 Å². The van der Waals surface area contributed by atoms with Crippen LogP contribution in [0.2, 0.25) is 0 Å². The molecule has 0 unspecified atom stereocenters. The first kappa shape index (κ1) is 20.3. The molecule has 2 rings (SSSR count). The van der Waals surface area contributed by atoms with Gasteiger partial charge in [0.1, 0.15) is 11.2 Å². The predicted molar refractivity (Wildman–Crippen MR) is 104 cm³/mol. The van der Waals surface area contributed by atoms with Crippen LogP contribution in [0, 0.1) is 24.5 Å². The molecule has 0 saturated heterocycles. The van der Waals surface area contributed by atoms with Crippen LogP contribution < -0.4 is 10.1 Å². The molecule has 7 heteroatoms. The molecule has 140 valence electrons. The smallest absolute Gasteiger partial charge is 0.309 e. The zero-order valence-corrected chi connectivity index (χ0v) is 16.0. The van der Waals surface area contributed by atoms with Crippen LogP contribution in [0.15, 0.2) is 47.4 Å². The van der Waals surface area contributed by atoms with Gasteiger partial charge in [0.25, 0.3) is 5.91 Å². The lowest BCUT2D eigenvalue weighted by atomic mass is 10.2. The average Bonchev–Trinajstić information content (AvgIpc) is 2.63. The van der Waals surface area contributed by atoms with Crippen molar-refractivity contribution in [1.82, 2.24) is 0 Å². The Kier molecular flexibility index (Phi) is 7.71. The molecule has 0 aliphatic heterocycles. The number of thiocyanates is 1. The number of nitriles is 1. The van der Waals surface area contributed by atoms with Gasteiger partial charge in [-0.1, -0.05) is 12.1 Å². The number of nitrogens with zero attached hydrogens (tertiary/aromatic N) is 1. The van der Waals surface area contributed by atoms with Crippen LogP contribution in [0.3, 0.4) is 0 Å². The lowest BCUT2D eigenvalue weighted by molar-refractivity contribution is -0.147. The highest BCUT2D eigenvalue weighted by atomic mass is 32.2. The minimum atomic E-state index is -0.504. The van der Waals surface area contributed by atoms with Gasteiger partial charge in [-0.25, -0.2) is 0 Å². The maximum atomic E-state index is 11.9. The minimum absolute atomic E-state index is 0.0559. The number of carbonyl (C=O) groups is 2. The Morgan fingerprint density at radius 1 is 1.19 bits per heavy atom. The number of benzene rings is 2. The third kappa shape index (κ3) is 7.04. The number of hydrogen-bond acceptors (Lipinski definition) is 6. The number of carbonyl (C=O) groups excluding carboxylic acids is 2. The van der Waals surface area contributed by atoms with Gasteiger partial charge in [0.15, 0.2) is 6.61 Å². The molecule has 0 heterocycles. The van der Waals surface area contributed by atoms with Crippen molar-refractivity contribution in [3.8, 4) is 11.2 Å². The Morgan fingerprint density at radius 3 is 2.70 bits per heavy atom. The van der Waals surface area contributed by atoms with Gasteiger partial charge in [-0.3, -0.25) is 9.59 Å². The summed E-state index contributed by atoms with van der Waals surface area (Å²) in [4.78, 5) is 24.5. The summed E-state index contributed by atoms with van der Waals surface area (Å²) in [6, 6.07) is 12.8. The van der Waals surface area contributed by atoms with E-state index in [1.165, 1.54) is 0 Å². The van der Waals surface area contributed by atoms with Crippen LogP contribution in [0.5, 0.6) is 5.75 Å². The van der Waals surface area contributed by atoms with E-state index in [9.17, 15) is 9.59 Å². The Labute approximate surface area is 162 Å². The van der Waals surface area contributed by atoms with Gasteiger partial charge in [-0.15, -0.1) is 0 Å². The lowest BCUT2D eigenvalue weighted by Crippen LogP contribution is -2.22. The van der Waals surface area contributed by atoms with E-state index in [-0.39, 0.29) is 19.6 Å². The minimum Gasteiger partial charge on any atom is -0.493 e. The largest absolute Gasteiger partial charge is 0.493 e. The van der Waals surface area contributed by atoms with Crippen molar-refractivity contribution < 1.29 is 19.1 Å². The molecule has 0 aliphatic rings. The Morgan fingerprint density at radius 2 is 2.00 bits per heavy atom. The SMILES string of the molecule is Cc1cccc(OCCC(=O)OCC(=O)Nc2ccc(SC#N)cc2C)c1. The number of rotatable bonds is 8. The first-order valence-corrected chi connectivity index (χ1v) is 9.11. The van der Waals surface area contributed by atoms with Gasteiger partial charge in [0, 0.05) is 10.6 Å². The fourth-order valence-electron chi connectivity index (χ4n) is 2.25. The first-order chi connectivity index (χ1) is 13.0. The second-order valence-electron chi connectivity index (χ2n) is 5.79. The Balaban J connectivity index is 1.72. The molecule has 0 aromatic heterocycles. The summed E-state index contributed by atoms with van der Waals surface area (Å²) in [7, 11) is 0. The molecule has 0 saturated carbocycles. The number of ether oxygens (including phenoxy) is 2. The van der Waals surface area contributed by atoms with E-state index >= 15 is 0 Å². The van der Waals surface area contributed by atoms with Crippen LogP contribution >= 0.6 is 11.8 Å². The number of hydrogen-bond donors (Lipinski definition) is 1. The van der Waals surface area contributed by atoms with Crippen LogP contribution in [0.1, 0.15) is 17.5 Å². The fraction of sp³-hybridized carbons (Fsp3) is 0.250. The molecule has 0 aliphatic carbocycles. The lowest BCUT2D eigenvalue weighted by Gasteiger charge is -2.10. The zero-order chi connectivity index (χ0) is 19.6. The van der Waals surface area contributed by atoms with Crippen molar-refractivity contribution in [3.63, 3.8) is 0 Å². The molecule has 0 fully saturated rings. The predicted octanol–water partition coefficient (Wildman–Crippen LogP) is 3.83. The Hall–Kier alpha value is -2.98. The maximum Gasteiger partial charge on any atom is 0.309 e. The quantitative estimate of drug-likeness (QED) is 0.423. The van der Waals surface area contributed by atoms with E-state index < -0.39 is 11.9 Å². The summed E-state index contributed by atoms with van der Waals surface area (Å²) in [6.45, 7) is 3.60. The molecule has 0 radical (unpaired) electrons. The summed E-state index contributed by atoms with van der Waals surface area (Å²) in [5, 5.41) is 13.4. The van der Waals surface area contributed by atoms with E-state index in [0.29, 0.717) is 11.4 Å². The van der Waals surface area contributed by atoms with Crippen molar-refractivity contribution in [2.75, 3.05) is 18.5 Å². The monoisotopic (exact) mass is 384 g/mol. The fourth-order valence-corrected chi connectivity index (χ4v) is 2.73. The van der Waals surface area contributed by atoms with E-state index in [2.05, 4.69) is 5.32 Å². The van der Waals surface area contributed by atoms with E-state index in [1.807, 2.05) is 43.5 Å². The molecule has 0 spiro atoms. The second kappa shape index (κ2) is 10.2. The normalized spacial score (nSPS) is 9.96. The highest BCUT2D eigenvalue weighted by Crippen LogP contribution is 2.23. The third-order valence-corrected chi connectivity index (χ3v) is 4.15. The molecular formula is C20H20N2O4S. The van der Waals surface area contributed by atoms with Crippen molar-refractivity contribution in [1.29, 1.82) is 5.26 Å². The van der Waals surface area contributed by atoms with Gasteiger partial charge < -0.3 is 14.8 Å². The van der Waals surface area contributed by atoms with Gasteiger partial charge in [-0.05, 0) is 67.1 Å². The van der Waals surface area contributed by atoms with Gasteiger partial charge >= 0.3 is 5.97 Å². The molecule has 1 N–H and O–H groups in total. The molecule has 1 amide bonds. The average molecular weight is 384 g/mol. The summed E-state index contributed by atoms with van der Waals surface area (Å²) in [5.41, 5.74) is 2.50. The van der Waals surface area contributed by atoms with Crippen LogP contribution in [-0.2, 0) is 14.3 Å². The summed E-state index contributed by atoms with van der Waals surface area (Å²) in [6.07, 6.45) is 0.0559. The zero-order valence-electron chi connectivity index (χ0n) is 15.2. The van der Waals surface area contributed by atoms with Crippen LogP contribution in [0.4, 0.5) is 5.69 Å². The number of aryl methyl sites for hydroxylation is 2. The third-order valence-electron chi connectivity index (χ3n) is 3.56. The standard InChI is InChI=1S/C20H20N2O4S/c1-14-4-3-5-16(10-14)25-9-8-20(24)26-12-19(23)22-18-7-6-17(27-13-21)11-15(18)2/h3-7,10-11H,8-9,12H2,1-2H3,(H,22,23). The molecular weight excluding hydrogens is 364 g/mol. The molecule has 0 atom stereocenters. The molecule has 6 nitrogen and oxygen atoms in total. The van der Waals surface area contributed by atoms with E-state index in [0.717, 1.165) is 27.8 Å². The van der Waals surface area contributed by atoms with Crippen molar-refractivity contribution in [3.05, 3.63) is 53.6 Å².